The SMILES string of the molecule is Cc1onc(-c2ccccc2Cl)c1C(=O)NCC1(C(=O)O)CCOCC1. The molecule has 1 aliphatic rings. The Morgan fingerprint density at radius 1 is 1.31 bits per heavy atom. The quantitative estimate of drug-likeness (QED) is 0.829. The predicted molar refractivity (Wildman–Crippen MR) is 94.1 cm³/mol. The first kappa shape index (κ1) is 18.4. The van der Waals surface area contributed by atoms with Crippen molar-refractivity contribution in [3.63, 3.8) is 0 Å². The van der Waals surface area contributed by atoms with Crippen LogP contribution in [-0.4, -0.2) is 41.9 Å². The molecule has 1 aromatic carbocycles. The van der Waals surface area contributed by atoms with Crippen molar-refractivity contribution in [3.8, 4) is 11.3 Å². The lowest BCUT2D eigenvalue weighted by atomic mass is 9.80. The Morgan fingerprint density at radius 3 is 2.65 bits per heavy atom. The zero-order valence-electron chi connectivity index (χ0n) is 14.3. The lowest BCUT2D eigenvalue weighted by Gasteiger charge is -2.33. The summed E-state index contributed by atoms with van der Waals surface area (Å²) < 4.78 is 10.4. The van der Waals surface area contributed by atoms with E-state index in [1.807, 2.05) is 0 Å². The highest BCUT2D eigenvalue weighted by Crippen LogP contribution is 2.32. The number of carbonyl (C=O) groups excluding carboxylic acids is 1. The predicted octanol–water partition coefficient (Wildman–Crippen LogP) is 2.91. The molecule has 0 unspecified atom stereocenters. The highest BCUT2D eigenvalue weighted by molar-refractivity contribution is 6.33. The number of nitrogens with one attached hydrogen (secondary N) is 1. The van der Waals surface area contributed by atoms with Gasteiger partial charge in [-0.25, -0.2) is 0 Å². The van der Waals surface area contributed by atoms with Gasteiger partial charge < -0.3 is 19.7 Å². The standard InChI is InChI=1S/C18H19ClN2O5/c1-11-14(15(21-26-11)12-4-2-3-5-13(12)19)16(22)20-10-18(17(23)24)6-8-25-9-7-18/h2-5H,6-10H2,1H3,(H,20,22)(H,23,24). The summed E-state index contributed by atoms with van der Waals surface area (Å²) in [6.07, 6.45) is 0.700. The van der Waals surface area contributed by atoms with Crippen molar-refractivity contribution in [2.45, 2.75) is 19.8 Å². The zero-order valence-corrected chi connectivity index (χ0v) is 15.0. The van der Waals surface area contributed by atoms with E-state index in [2.05, 4.69) is 10.5 Å². The Kier molecular flexibility index (Phi) is 5.29. The number of hydrogen-bond acceptors (Lipinski definition) is 5. The number of nitrogens with zero attached hydrogens (tertiary/aromatic N) is 1. The smallest absolute Gasteiger partial charge is 0.311 e. The Bertz CT molecular complexity index is 827. The van der Waals surface area contributed by atoms with Crippen molar-refractivity contribution in [1.29, 1.82) is 0 Å². The Morgan fingerprint density at radius 2 is 2.00 bits per heavy atom. The molecule has 8 heteroatoms. The molecule has 7 nitrogen and oxygen atoms in total. The fourth-order valence-electron chi connectivity index (χ4n) is 3.04. The van der Waals surface area contributed by atoms with Gasteiger partial charge >= 0.3 is 5.97 Å². The maximum absolute atomic E-state index is 12.8. The molecule has 0 bridgehead atoms. The van der Waals surface area contributed by atoms with Crippen molar-refractivity contribution < 1.29 is 24.0 Å². The van der Waals surface area contributed by atoms with Crippen LogP contribution >= 0.6 is 11.6 Å². The van der Waals surface area contributed by atoms with E-state index in [4.69, 9.17) is 20.9 Å². The van der Waals surface area contributed by atoms with Gasteiger partial charge in [-0.3, -0.25) is 9.59 Å². The highest BCUT2D eigenvalue weighted by atomic mass is 35.5. The second kappa shape index (κ2) is 7.47. The average Bonchev–Trinajstić information content (AvgIpc) is 3.02. The Balaban J connectivity index is 1.84. The molecule has 1 fully saturated rings. The molecule has 0 aliphatic carbocycles. The number of benzene rings is 1. The molecule has 0 atom stereocenters. The van der Waals surface area contributed by atoms with Gasteiger partial charge in [0, 0.05) is 25.3 Å². The van der Waals surface area contributed by atoms with Gasteiger partial charge in [0.15, 0.2) is 0 Å². The van der Waals surface area contributed by atoms with Crippen LogP contribution in [0.25, 0.3) is 11.3 Å². The third-order valence-electron chi connectivity index (χ3n) is 4.71. The third-order valence-corrected chi connectivity index (χ3v) is 5.04. The van der Waals surface area contributed by atoms with Gasteiger partial charge in [0.05, 0.1) is 10.4 Å². The number of carboxylic acids is 1. The number of rotatable bonds is 5. The number of ether oxygens (including phenoxy) is 1. The van der Waals surface area contributed by atoms with Gasteiger partial charge in [-0.15, -0.1) is 0 Å². The van der Waals surface area contributed by atoms with Crippen molar-refractivity contribution in [2.75, 3.05) is 19.8 Å². The molecule has 1 aromatic heterocycles. The van der Waals surface area contributed by atoms with E-state index in [1.54, 1.807) is 31.2 Å². The van der Waals surface area contributed by atoms with E-state index < -0.39 is 17.3 Å². The number of carbonyl (C=O) groups is 2. The molecule has 138 valence electrons. The minimum Gasteiger partial charge on any atom is -0.481 e. The van der Waals surface area contributed by atoms with E-state index in [-0.39, 0.29) is 12.1 Å². The molecule has 1 saturated heterocycles. The van der Waals surface area contributed by atoms with Crippen LogP contribution in [-0.2, 0) is 9.53 Å². The van der Waals surface area contributed by atoms with E-state index in [1.165, 1.54) is 0 Å². The van der Waals surface area contributed by atoms with Gasteiger partial charge in [-0.05, 0) is 25.8 Å². The molecule has 0 spiro atoms. The molecular formula is C18H19ClN2O5. The van der Waals surface area contributed by atoms with Crippen LogP contribution in [0.4, 0.5) is 0 Å². The van der Waals surface area contributed by atoms with Crippen LogP contribution in [0.2, 0.25) is 5.02 Å². The van der Waals surface area contributed by atoms with Gasteiger partial charge in [-0.1, -0.05) is 35.0 Å². The van der Waals surface area contributed by atoms with Crippen LogP contribution < -0.4 is 5.32 Å². The second-order valence-electron chi connectivity index (χ2n) is 6.32. The van der Waals surface area contributed by atoms with Crippen molar-refractivity contribution >= 4 is 23.5 Å². The number of halogens is 1. The molecule has 2 heterocycles. The van der Waals surface area contributed by atoms with E-state index in [0.29, 0.717) is 48.1 Å². The summed E-state index contributed by atoms with van der Waals surface area (Å²) in [4.78, 5) is 24.5. The summed E-state index contributed by atoms with van der Waals surface area (Å²) >= 11 is 6.20. The van der Waals surface area contributed by atoms with Crippen LogP contribution in [0.3, 0.4) is 0 Å². The van der Waals surface area contributed by atoms with E-state index >= 15 is 0 Å². The molecule has 3 rings (SSSR count). The summed E-state index contributed by atoms with van der Waals surface area (Å²) in [7, 11) is 0. The summed E-state index contributed by atoms with van der Waals surface area (Å²) in [5.41, 5.74) is 0.145. The largest absolute Gasteiger partial charge is 0.481 e. The minimum atomic E-state index is -1.02. The lowest BCUT2D eigenvalue weighted by molar-refractivity contribution is -0.154. The molecule has 1 amide bonds. The monoisotopic (exact) mass is 378 g/mol. The molecule has 0 radical (unpaired) electrons. The second-order valence-corrected chi connectivity index (χ2v) is 6.73. The van der Waals surface area contributed by atoms with Crippen molar-refractivity contribution in [2.24, 2.45) is 5.41 Å². The number of hydrogen-bond donors (Lipinski definition) is 2. The third kappa shape index (κ3) is 3.45. The fraction of sp³-hybridized carbons (Fsp3) is 0.389. The van der Waals surface area contributed by atoms with Gasteiger partial charge in [-0.2, -0.15) is 0 Å². The summed E-state index contributed by atoms with van der Waals surface area (Å²) in [5.74, 6) is -1.03. The van der Waals surface area contributed by atoms with Gasteiger partial charge in [0.2, 0.25) is 0 Å². The first-order valence-corrected chi connectivity index (χ1v) is 8.63. The Hall–Kier alpha value is -2.38. The molecule has 1 aliphatic heterocycles. The average molecular weight is 379 g/mol. The fourth-order valence-corrected chi connectivity index (χ4v) is 3.27. The first-order chi connectivity index (χ1) is 12.4. The summed E-state index contributed by atoms with van der Waals surface area (Å²) in [6, 6.07) is 7.01. The summed E-state index contributed by atoms with van der Waals surface area (Å²) in [6.45, 7) is 2.36. The Labute approximate surface area is 155 Å². The maximum atomic E-state index is 12.8. The normalized spacial score (nSPS) is 16.2. The number of aromatic nitrogens is 1. The minimum absolute atomic E-state index is 0.0110. The molecule has 2 N–H and O–H groups in total. The van der Waals surface area contributed by atoms with E-state index in [0.717, 1.165) is 0 Å². The first-order valence-electron chi connectivity index (χ1n) is 8.25. The zero-order chi connectivity index (χ0) is 18.7. The van der Waals surface area contributed by atoms with Crippen LogP contribution in [0.5, 0.6) is 0 Å². The highest BCUT2D eigenvalue weighted by Gasteiger charge is 2.40. The molecular weight excluding hydrogens is 360 g/mol. The molecule has 2 aromatic rings. The van der Waals surface area contributed by atoms with Gasteiger partial charge in [0.25, 0.3) is 5.91 Å². The maximum Gasteiger partial charge on any atom is 0.311 e. The van der Waals surface area contributed by atoms with Crippen LogP contribution in [0.15, 0.2) is 28.8 Å². The molecule has 0 saturated carbocycles. The van der Waals surface area contributed by atoms with Crippen LogP contribution in [0.1, 0.15) is 29.0 Å². The van der Waals surface area contributed by atoms with Crippen molar-refractivity contribution in [3.05, 3.63) is 40.6 Å². The lowest BCUT2D eigenvalue weighted by Crippen LogP contribution is -2.46. The van der Waals surface area contributed by atoms with Gasteiger partial charge in [0.1, 0.15) is 17.0 Å². The van der Waals surface area contributed by atoms with Crippen molar-refractivity contribution in [1.82, 2.24) is 10.5 Å². The number of carboxylic acid groups (broad SMARTS) is 1. The number of aliphatic carboxylic acids is 1. The topological polar surface area (TPSA) is 102 Å². The number of amides is 1. The summed E-state index contributed by atoms with van der Waals surface area (Å²) in [5, 5.41) is 16.7. The molecule has 26 heavy (non-hydrogen) atoms. The number of aryl methyl sites for hydroxylation is 1. The van der Waals surface area contributed by atoms with Crippen LogP contribution in [0, 0.1) is 12.3 Å². The van der Waals surface area contributed by atoms with E-state index in [9.17, 15) is 14.7 Å².